The van der Waals surface area contributed by atoms with Crippen LogP contribution < -0.4 is 0 Å². The molecule has 0 aromatic heterocycles. The summed E-state index contributed by atoms with van der Waals surface area (Å²) in [7, 11) is 0. The van der Waals surface area contributed by atoms with Gasteiger partial charge in [-0.15, -0.1) is 0 Å². The minimum atomic E-state index is -0.415. The summed E-state index contributed by atoms with van der Waals surface area (Å²) in [6.07, 6.45) is 0. The van der Waals surface area contributed by atoms with Crippen LogP contribution in [0.15, 0.2) is 36.4 Å². The van der Waals surface area contributed by atoms with E-state index in [0.29, 0.717) is 21.2 Å². The van der Waals surface area contributed by atoms with E-state index in [4.69, 9.17) is 23.2 Å². The molecule has 0 nitrogen and oxygen atoms in total. The minimum Gasteiger partial charge on any atom is -0.206 e. The first-order chi connectivity index (χ1) is 7.18. The number of hydrogen-bond donors (Lipinski definition) is 0. The second-order valence-electron chi connectivity index (χ2n) is 3.02. The fourth-order valence-corrected chi connectivity index (χ4v) is 1.84. The van der Waals surface area contributed by atoms with Crippen LogP contribution in [0.2, 0.25) is 10.0 Å². The Morgan fingerprint density at radius 1 is 1.07 bits per heavy atom. The van der Waals surface area contributed by atoms with E-state index in [0.717, 1.165) is 0 Å². The van der Waals surface area contributed by atoms with Crippen LogP contribution in [0.25, 0.3) is 11.1 Å². The molecular weight excluding hydrogens is 234 g/mol. The van der Waals surface area contributed by atoms with E-state index in [9.17, 15) is 4.39 Å². The zero-order valence-corrected chi connectivity index (χ0v) is 9.11. The van der Waals surface area contributed by atoms with E-state index >= 15 is 0 Å². The Hall–Kier alpha value is -1.05. The van der Waals surface area contributed by atoms with Gasteiger partial charge in [0.25, 0.3) is 0 Å². The Bertz CT molecular complexity index is 495. The Morgan fingerprint density at radius 2 is 1.87 bits per heavy atom. The van der Waals surface area contributed by atoms with Gasteiger partial charge < -0.3 is 0 Å². The van der Waals surface area contributed by atoms with Gasteiger partial charge in [-0.3, -0.25) is 0 Å². The minimum absolute atomic E-state index is 0.415. The highest BCUT2D eigenvalue weighted by Crippen LogP contribution is 2.31. The fraction of sp³-hybridized carbons (Fsp3) is 0. The van der Waals surface area contributed by atoms with Crippen LogP contribution in [0, 0.1) is 11.9 Å². The third kappa shape index (κ3) is 2.14. The summed E-state index contributed by atoms with van der Waals surface area (Å²) < 4.78 is 13.4. The molecule has 0 saturated heterocycles. The lowest BCUT2D eigenvalue weighted by molar-refractivity contribution is 0.629. The molecule has 2 aromatic rings. The van der Waals surface area contributed by atoms with Crippen LogP contribution in [0.4, 0.5) is 4.39 Å². The van der Waals surface area contributed by atoms with E-state index in [1.54, 1.807) is 30.3 Å². The quantitative estimate of drug-likeness (QED) is 0.683. The molecule has 0 aliphatic rings. The first-order valence-electron chi connectivity index (χ1n) is 4.30. The van der Waals surface area contributed by atoms with Gasteiger partial charge >= 0.3 is 0 Å². The van der Waals surface area contributed by atoms with Crippen molar-refractivity contribution in [2.45, 2.75) is 0 Å². The molecule has 0 N–H and O–H groups in total. The maximum absolute atomic E-state index is 13.4. The van der Waals surface area contributed by atoms with Crippen LogP contribution in [-0.2, 0) is 0 Å². The Labute approximate surface area is 97.3 Å². The number of benzene rings is 2. The average Bonchev–Trinajstić information content (AvgIpc) is 2.20. The normalized spacial score (nSPS) is 10.3. The molecule has 0 unspecified atom stereocenters. The topological polar surface area (TPSA) is 0 Å². The lowest BCUT2D eigenvalue weighted by Gasteiger charge is -2.05. The maximum atomic E-state index is 13.4. The first kappa shape index (κ1) is 10.5. The smallest absolute Gasteiger partial charge is 0.138 e. The molecule has 15 heavy (non-hydrogen) atoms. The third-order valence-electron chi connectivity index (χ3n) is 2.03. The van der Waals surface area contributed by atoms with E-state index in [-0.39, 0.29) is 0 Å². The highest BCUT2D eigenvalue weighted by Gasteiger charge is 2.08. The van der Waals surface area contributed by atoms with Gasteiger partial charge in [-0.2, -0.15) is 0 Å². The van der Waals surface area contributed by atoms with Crippen LogP contribution >= 0.6 is 23.2 Å². The highest BCUT2D eigenvalue weighted by atomic mass is 35.5. The number of hydrogen-bond acceptors (Lipinski definition) is 0. The van der Waals surface area contributed by atoms with E-state index in [1.807, 2.05) is 0 Å². The molecular formula is C12H6Cl2F. The molecule has 2 rings (SSSR count). The monoisotopic (exact) mass is 239 g/mol. The molecule has 0 fully saturated rings. The predicted molar refractivity (Wildman–Crippen MR) is 60.7 cm³/mol. The summed E-state index contributed by atoms with van der Waals surface area (Å²) >= 11 is 11.7. The van der Waals surface area contributed by atoms with Gasteiger partial charge in [0.1, 0.15) is 5.82 Å². The van der Waals surface area contributed by atoms with Crippen molar-refractivity contribution in [1.82, 2.24) is 0 Å². The lowest BCUT2D eigenvalue weighted by atomic mass is 10.1. The second-order valence-corrected chi connectivity index (χ2v) is 3.87. The van der Waals surface area contributed by atoms with Gasteiger partial charge in [0, 0.05) is 27.2 Å². The zero-order valence-electron chi connectivity index (χ0n) is 7.60. The second kappa shape index (κ2) is 4.21. The van der Waals surface area contributed by atoms with Crippen molar-refractivity contribution in [2.24, 2.45) is 0 Å². The Morgan fingerprint density at radius 3 is 2.53 bits per heavy atom. The summed E-state index contributed by atoms with van der Waals surface area (Å²) in [6.45, 7) is 0. The van der Waals surface area contributed by atoms with Gasteiger partial charge in [-0.25, -0.2) is 4.39 Å². The standard InChI is InChI=1S/C12H6Cl2F/c13-8-5-6-9(11(14)7-8)10-3-1-2-4-12(10)15/h1-3,5-7H. The number of halogens is 3. The van der Waals surface area contributed by atoms with Crippen LogP contribution in [-0.4, -0.2) is 0 Å². The SMILES string of the molecule is Fc1[c]cccc1-c1ccc(Cl)cc1Cl. The van der Waals surface area contributed by atoms with Crippen LogP contribution in [0.1, 0.15) is 0 Å². The molecule has 0 atom stereocenters. The van der Waals surface area contributed by atoms with E-state index in [2.05, 4.69) is 6.07 Å². The molecule has 0 saturated carbocycles. The van der Waals surface area contributed by atoms with Gasteiger partial charge in [-0.05, 0) is 12.1 Å². The highest BCUT2D eigenvalue weighted by molar-refractivity contribution is 6.36. The Balaban J connectivity index is 2.60. The predicted octanol–water partition coefficient (Wildman–Crippen LogP) is 4.60. The summed E-state index contributed by atoms with van der Waals surface area (Å²) in [4.78, 5) is 0. The van der Waals surface area contributed by atoms with Gasteiger partial charge in [0.15, 0.2) is 0 Å². The van der Waals surface area contributed by atoms with Crippen LogP contribution in [0.5, 0.6) is 0 Å². The molecule has 3 heteroatoms. The van der Waals surface area contributed by atoms with E-state index < -0.39 is 5.82 Å². The molecule has 0 spiro atoms. The third-order valence-corrected chi connectivity index (χ3v) is 2.57. The lowest BCUT2D eigenvalue weighted by Crippen LogP contribution is -1.84. The average molecular weight is 240 g/mol. The molecule has 0 heterocycles. The van der Waals surface area contributed by atoms with Crippen molar-refractivity contribution in [3.05, 3.63) is 58.3 Å². The molecule has 2 aromatic carbocycles. The van der Waals surface area contributed by atoms with Gasteiger partial charge in [0.2, 0.25) is 0 Å². The summed E-state index contributed by atoms with van der Waals surface area (Å²) in [5.74, 6) is -0.415. The molecule has 0 bridgehead atoms. The zero-order chi connectivity index (χ0) is 10.8. The molecule has 0 aliphatic heterocycles. The van der Waals surface area contributed by atoms with Crippen molar-refractivity contribution >= 4 is 23.2 Å². The van der Waals surface area contributed by atoms with Crippen molar-refractivity contribution in [1.29, 1.82) is 0 Å². The van der Waals surface area contributed by atoms with Crippen molar-refractivity contribution in [3.8, 4) is 11.1 Å². The maximum Gasteiger partial charge on any atom is 0.138 e. The van der Waals surface area contributed by atoms with Crippen molar-refractivity contribution < 1.29 is 4.39 Å². The first-order valence-corrected chi connectivity index (χ1v) is 5.05. The number of rotatable bonds is 1. The molecule has 0 amide bonds. The summed E-state index contributed by atoms with van der Waals surface area (Å²) in [5.41, 5.74) is 1.05. The van der Waals surface area contributed by atoms with Gasteiger partial charge in [0.05, 0.1) is 0 Å². The van der Waals surface area contributed by atoms with Crippen LogP contribution in [0.3, 0.4) is 0 Å². The van der Waals surface area contributed by atoms with Crippen molar-refractivity contribution in [3.63, 3.8) is 0 Å². The largest absolute Gasteiger partial charge is 0.206 e. The molecule has 0 aliphatic carbocycles. The summed E-state index contributed by atoms with van der Waals surface area (Å²) in [6, 6.07) is 12.3. The Kier molecular flexibility index (Phi) is 2.94. The molecule has 1 radical (unpaired) electrons. The van der Waals surface area contributed by atoms with Crippen molar-refractivity contribution in [2.75, 3.05) is 0 Å². The van der Waals surface area contributed by atoms with E-state index in [1.165, 1.54) is 6.07 Å². The summed E-state index contributed by atoms with van der Waals surface area (Å²) in [5, 5.41) is 0.963. The fourth-order valence-electron chi connectivity index (χ4n) is 1.33. The molecule has 75 valence electrons. The van der Waals surface area contributed by atoms with Gasteiger partial charge in [-0.1, -0.05) is 47.5 Å².